The van der Waals surface area contributed by atoms with Crippen molar-refractivity contribution in [3.8, 4) is 17.6 Å². The molecule has 6 heterocycles. The number of aliphatic imine (C=N–C) groups is 1. The molecule has 1 aromatic heterocycles. The van der Waals surface area contributed by atoms with Gasteiger partial charge in [0.25, 0.3) is 5.91 Å². The van der Waals surface area contributed by atoms with Crippen molar-refractivity contribution in [2.24, 2.45) is 43.3 Å². The Morgan fingerprint density at radius 2 is 1.74 bits per heavy atom. The van der Waals surface area contributed by atoms with Gasteiger partial charge in [-0.25, -0.2) is 14.5 Å². The van der Waals surface area contributed by atoms with E-state index >= 15 is 0 Å². The standard InChI is InChI=1S/C48H58IN9O3S.C4H9NO.C2H6.H2/c1-9-10-11-31-20-35(17-14-32(31)22-50)61-44-46(5,6)43(47(44,7)8)54-41(59)33-23-51-45(52-24-33)57-25-48(26-57)19-18-36(21-48)60-34-15-12-30(13-16-34)38-37-27(2)28(3)62-42(37)58-29(4)55-56-40(58)39(49)53-38;1-4-5-2-3-6-4;1-2;/h12-17,20,23-24,27-28,36-37,39,42-44H,9-11,18-19,21,25-26H2,1-8H3,(H,54,59);4-5H,2-3H2,1H3;1-2H3;1H/q+1;;;/t27?,28?,36-,37?,39+,42?,43?,44?;;;/m0.../s1. The molecule has 7 aliphatic rings. The molecule has 2 N–H and O–H groups in total. The maximum Gasteiger partial charge on any atom is 0.359 e. The molecule has 14 nitrogen and oxygen atoms in total. The fourth-order valence-electron chi connectivity index (χ4n) is 12.0. The van der Waals surface area contributed by atoms with Crippen LogP contribution in [0, 0.1) is 45.6 Å². The minimum atomic E-state index is -0.335. The van der Waals surface area contributed by atoms with Crippen molar-refractivity contribution in [3.05, 3.63) is 83.3 Å². The number of thioether (sulfide) groups is 1. The Hall–Kier alpha value is -4.18. The first-order chi connectivity index (χ1) is 33.5. The normalized spacial score (nSPS) is 29.7. The molecule has 377 valence electrons. The molecule has 5 fully saturated rings. The topological polar surface area (TPSA) is 162 Å². The number of aryl methyl sites for hydroxylation is 1. The molecule has 5 unspecified atom stereocenters. The van der Waals surface area contributed by atoms with Gasteiger partial charge in [0, 0.05) is 67.9 Å². The summed E-state index contributed by atoms with van der Waals surface area (Å²) in [6.45, 7) is 27.1. The number of carbonyl (C=O) groups excluding carboxylic acids is 1. The molecular weight excluding hydrogens is 1010 g/mol. The number of nitrogens with one attached hydrogen (secondary N) is 2. The quantitative estimate of drug-likeness (QED) is 0.0818. The van der Waals surface area contributed by atoms with E-state index in [0.717, 1.165) is 105 Å². The van der Waals surface area contributed by atoms with E-state index in [1.165, 1.54) is 0 Å². The third-order valence-corrected chi connectivity index (χ3v) is 18.0. The van der Waals surface area contributed by atoms with Gasteiger partial charge in [0.05, 0.1) is 46.7 Å². The third kappa shape index (κ3) is 10.4. The molecule has 1 amide bonds. The number of unbranched alkanes of at least 4 members (excludes halogenated alkanes) is 1. The summed E-state index contributed by atoms with van der Waals surface area (Å²) in [5.74, 6) is 3.81. The molecule has 1 spiro atoms. The number of aromatic nitrogens is 2. The highest BCUT2D eigenvalue weighted by molar-refractivity contribution is 14.1. The van der Waals surface area contributed by atoms with Crippen molar-refractivity contribution in [3.63, 3.8) is 0 Å². The summed E-state index contributed by atoms with van der Waals surface area (Å²) in [6.07, 6.45) is 10.6. The lowest BCUT2D eigenvalue weighted by atomic mass is 9.49. The highest BCUT2D eigenvalue weighted by Crippen LogP contribution is 2.56. The Balaban J connectivity index is 0.000000759. The van der Waals surface area contributed by atoms with Crippen LogP contribution in [0.15, 0.2) is 70.1 Å². The summed E-state index contributed by atoms with van der Waals surface area (Å²) >= 11 is 4.41. The van der Waals surface area contributed by atoms with Crippen LogP contribution in [0.2, 0.25) is 0 Å². The molecule has 3 aromatic rings. The molecule has 70 heavy (non-hydrogen) atoms. The summed E-state index contributed by atoms with van der Waals surface area (Å²) in [4.78, 5) is 30.4. The number of carbonyl (C=O) groups is 1. The van der Waals surface area contributed by atoms with Gasteiger partial charge in [-0.2, -0.15) is 5.26 Å². The average molecular weight is 1090 g/mol. The summed E-state index contributed by atoms with van der Waals surface area (Å²) < 4.78 is 20.5. The van der Waals surface area contributed by atoms with E-state index in [9.17, 15) is 10.1 Å². The molecular formula is C54H75IN10O4S+. The lowest BCUT2D eigenvalue weighted by Crippen LogP contribution is -2.74. The van der Waals surface area contributed by atoms with Gasteiger partial charge in [0.15, 0.2) is 5.37 Å². The number of benzene rings is 2. The Labute approximate surface area is 435 Å². The van der Waals surface area contributed by atoms with E-state index in [4.69, 9.17) is 19.2 Å². The van der Waals surface area contributed by atoms with E-state index in [0.29, 0.717) is 34.5 Å². The Morgan fingerprint density at radius 3 is 2.37 bits per heavy atom. The summed E-state index contributed by atoms with van der Waals surface area (Å²) in [6, 6.07) is 16.6. The maximum absolute atomic E-state index is 13.6. The first-order valence-corrected chi connectivity index (χ1v) is 27.7. The predicted octanol–water partition coefficient (Wildman–Crippen LogP) is 10.6. The van der Waals surface area contributed by atoms with Crippen molar-refractivity contribution < 1.29 is 25.0 Å². The molecule has 1 radical (unpaired) electrons. The number of amides is 1. The van der Waals surface area contributed by atoms with E-state index < -0.39 is 0 Å². The van der Waals surface area contributed by atoms with Crippen LogP contribution in [0.25, 0.3) is 0 Å². The van der Waals surface area contributed by atoms with E-state index in [1.54, 1.807) is 12.4 Å². The molecule has 16 heteroatoms. The average Bonchev–Trinajstić information content (AvgIpc) is 4.14. The van der Waals surface area contributed by atoms with Crippen LogP contribution < -0.4 is 25.0 Å². The summed E-state index contributed by atoms with van der Waals surface area (Å²) in [5.41, 5.74) is 3.98. The molecule has 10 rings (SSSR count). The zero-order valence-electron chi connectivity index (χ0n) is 43.0. The third-order valence-electron chi connectivity index (χ3n) is 15.5. The van der Waals surface area contributed by atoms with Gasteiger partial charge in [-0.1, -0.05) is 68.7 Å². The van der Waals surface area contributed by atoms with Gasteiger partial charge in [-0.15, -0.1) is 11.8 Å². The fourth-order valence-corrected chi connectivity index (χ4v) is 14.5. The number of hydrogen-bond acceptors (Lipinski definition) is 13. The van der Waals surface area contributed by atoms with E-state index in [-0.39, 0.29) is 57.2 Å². The first-order valence-electron chi connectivity index (χ1n) is 25.5. The van der Waals surface area contributed by atoms with Crippen LogP contribution in [-0.4, -0.2) is 97.4 Å². The Bertz CT molecular complexity index is 2470. The predicted molar refractivity (Wildman–Crippen MR) is 288 cm³/mol. The van der Waals surface area contributed by atoms with Gasteiger partial charge >= 0.3 is 12.0 Å². The number of halogens is 1. The molecule has 5 aliphatic heterocycles. The number of ether oxygens (including phenoxy) is 3. The monoisotopic (exact) mass is 1090 g/mol. The van der Waals surface area contributed by atoms with Gasteiger partial charge < -0.3 is 24.4 Å². The van der Waals surface area contributed by atoms with Crippen LogP contribution in [0.5, 0.6) is 11.5 Å². The zero-order valence-corrected chi connectivity index (χ0v) is 45.9. The van der Waals surface area contributed by atoms with Crippen molar-refractivity contribution in [1.82, 2.24) is 20.6 Å². The number of anilines is 1. The number of alkyl halides is 1. The number of hydrogen-bond donors (Lipinski definition) is 2. The van der Waals surface area contributed by atoms with Crippen molar-refractivity contribution >= 4 is 57.8 Å². The maximum atomic E-state index is 13.6. The van der Waals surface area contributed by atoms with Gasteiger partial charge in [0.2, 0.25) is 10.00 Å². The number of nitriles is 1. The van der Waals surface area contributed by atoms with Crippen LogP contribution in [0.3, 0.4) is 0 Å². The minimum Gasteiger partial charge on any atom is -0.490 e. The van der Waals surface area contributed by atoms with E-state index in [2.05, 4.69) is 149 Å². The number of rotatable bonds is 11. The second kappa shape index (κ2) is 21.5. The van der Waals surface area contributed by atoms with Gasteiger partial charge in [-0.3, -0.25) is 15.1 Å². The molecule has 3 saturated heterocycles. The van der Waals surface area contributed by atoms with Gasteiger partial charge in [0.1, 0.15) is 23.8 Å². The van der Waals surface area contributed by atoms with Crippen molar-refractivity contribution in [2.75, 3.05) is 31.1 Å². The SMILES string of the molecule is CC.CC1NCCO1.CCCCc1cc(OC2C(C)(C)C(NC(=O)c3cnc(N4CC5(CC[C@H](Oc6ccc(C7=N[C@@H](I)C8=[N+]([C](C)N=N8)C8SC(C)C(C)C78)cc6)C5)C4)nc3)C2(C)C)ccc1C#N.[HH]. The van der Waals surface area contributed by atoms with Crippen LogP contribution in [0.1, 0.15) is 137 Å². The smallest absolute Gasteiger partial charge is 0.359 e. The first kappa shape index (κ1) is 52.2. The summed E-state index contributed by atoms with van der Waals surface area (Å²) in [7, 11) is 0. The number of nitrogens with zero attached hydrogens (tertiary/aromatic N) is 8. The molecule has 2 aromatic carbocycles. The molecule has 2 aliphatic carbocycles. The fraction of sp³-hybridized carbons (Fsp3) is 0.611. The Morgan fingerprint density at radius 1 is 1.04 bits per heavy atom. The van der Waals surface area contributed by atoms with Gasteiger partial charge in [-0.05, 0) is 126 Å². The second-order valence-corrected chi connectivity index (χ2v) is 23.8. The van der Waals surface area contributed by atoms with Crippen LogP contribution in [-0.2, 0) is 11.2 Å². The zero-order chi connectivity index (χ0) is 50.1. The molecule has 0 bridgehead atoms. The van der Waals surface area contributed by atoms with E-state index in [1.807, 2.05) is 50.7 Å². The van der Waals surface area contributed by atoms with Crippen LogP contribution >= 0.6 is 34.4 Å². The lowest BCUT2D eigenvalue weighted by Gasteiger charge is -2.63. The highest BCUT2D eigenvalue weighted by Gasteiger charge is 2.64. The van der Waals surface area contributed by atoms with Crippen molar-refractivity contribution in [1.29, 1.82) is 5.26 Å². The number of azo groups is 1. The second-order valence-electron chi connectivity index (χ2n) is 21.1. The molecule has 7 atom stereocenters. The number of amidine groups is 1. The van der Waals surface area contributed by atoms with Crippen molar-refractivity contribution in [2.45, 2.75) is 154 Å². The molecule has 2 saturated carbocycles. The minimum absolute atomic E-state index is 0. The van der Waals surface area contributed by atoms with Crippen LogP contribution in [0.4, 0.5) is 5.95 Å². The number of fused-ring (bicyclic) bond motifs is 2. The summed E-state index contributed by atoms with van der Waals surface area (Å²) in [5, 5.41) is 25.7. The largest absolute Gasteiger partial charge is 0.490 e. The Kier molecular flexibility index (Phi) is 16.0. The highest BCUT2D eigenvalue weighted by atomic mass is 127. The lowest BCUT2D eigenvalue weighted by molar-refractivity contribution is -0.527.